The third kappa shape index (κ3) is 16.0. The van der Waals surface area contributed by atoms with Gasteiger partial charge in [-0.05, 0) is 101 Å². The number of aromatic nitrogens is 1. The first kappa shape index (κ1) is 61.1. The zero-order chi connectivity index (χ0) is 58.0. The number of aliphatic hydroxyl groups excluding tert-OH is 1. The SMILES string of the molecule is COC(=O)N[C@H](C(=O)N[C@@H](Cc1ccc(C#Cc2ccc(N3CCN4CCOC[C@H]4C3)nc2)cc1)[C@@H](O)CN(Cc1c(F)cc(C(=N)/C=C\NC2CC2)cc1F)NC(=O)[C@@H](NC(=O)OC)C(C)(C)C(F)(F)F)C(C)(C)C(F)(F)F. The molecular weight excluding hydrogens is 1060 g/mol. The minimum atomic E-state index is -5.19. The molecule has 18 nitrogen and oxygen atoms in total. The predicted molar refractivity (Wildman–Crippen MR) is 272 cm³/mol. The van der Waals surface area contributed by atoms with Crippen molar-refractivity contribution in [3.05, 3.63) is 106 Å². The number of piperazine rings is 1. The summed E-state index contributed by atoms with van der Waals surface area (Å²) >= 11 is 0. The van der Waals surface area contributed by atoms with Gasteiger partial charge < -0.3 is 50.9 Å². The number of hydrazine groups is 1. The molecule has 1 aliphatic carbocycles. The number of anilines is 1. The van der Waals surface area contributed by atoms with E-state index < -0.39 is 108 Å². The first-order chi connectivity index (χ1) is 37.1. The van der Waals surface area contributed by atoms with Crippen molar-refractivity contribution in [2.75, 3.05) is 65.1 Å². The third-order valence-corrected chi connectivity index (χ3v) is 14.0. The van der Waals surface area contributed by atoms with Crippen molar-refractivity contribution >= 4 is 35.5 Å². The Hall–Kier alpha value is -7.08. The Morgan fingerprint density at radius 1 is 0.848 bits per heavy atom. The molecule has 3 heterocycles. The summed E-state index contributed by atoms with van der Waals surface area (Å²) < 4.78 is 134. The van der Waals surface area contributed by atoms with E-state index in [9.17, 15) is 50.6 Å². The Kier molecular flexibility index (Phi) is 20.0. The topological polar surface area (TPSA) is 223 Å². The van der Waals surface area contributed by atoms with Crippen molar-refractivity contribution in [3.8, 4) is 11.8 Å². The summed E-state index contributed by atoms with van der Waals surface area (Å²) in [6.07, 6.45) is -9.68. The van der Waals surface area contributed by atoms with E-state index in [0.29, 0.717) is 62.6 Å². The highest BCUT2D eigenvalue weighted by molar-refractivity contribution is 6.06. The number of pyridine rings is 1. The zero-order valence-electron chi connectivity index (χ0n) is 44.2. The van der Waals surface area contributed by atoms with Gasteiger partial charge in [-0.3, -0.25) is 19.9 Å². The number of fused-ring (bicyclic) bond motifs is 1. The molecule has 2 saturated heterocycles. The lowest BCUT2D eigenvalue weighted by Gasteiger charge is -2.44. The van der Waals surface area contributed by atoms with Crippen LogP contribution in [0.5, 0.6) is 0 Å². The lowest BCUT2D eigenvalue weighted by Crippen LogP contribution is -2.63. The van der Waals surface area contributed by atoms with Crippen molar-refractivity contribution in [3.63, 3.8) is 0 Å². The molecule has 0 unspecified atom stereocenters. The normalized spacial score (nSPS) is 17.8. The van der Waals surface area contributed by atoms with E-state index in [0.717, 1.165) is 71.2 Å². The van der Waals surface area contributed by atoms with E-state index in [-0.39, 0.29) is 23.4 Å². The summed E-state index contributed by atoms with van der Waals surface area (Å²) in [7, 11) is 1.65. The maximum atomic E-state index is 16.0. The summed E-state index contributed by atoms with van der Waals surface area (Å²) in [5.41, 5.74) is -4.03. The molecule has 1 aromatic heterocycles. The number of halogens is 8. The number of aliphatic hydroxyl groups is 1. The molecule has 2 aromatic carbocycles. The Morgan fingerprint density at radius 2 is 1.43 bits per heavy atom. The summed E-state index contributed by atoms with van der Waals surface area (Å²) in [5, 5.41) is 30.0. The maximum Gasteiger partial charge on any atom is 0.407 e. The van der Waals surface area contributed by atoms with Crippen LogP contribution in [-0.4, -0.2) is 159 Å². The van der Waals surface area contributed by atoms with Gasteiger partial charge in [-0.2, -0.15) is 26.3 Å². The van der Waals surface area contributed by atoms with Crippen LogP contribution in [0.4, 0.5) is 50.5 Å². The Balaban J connectivity index is 1.31. The van der Waals surface area contributed by atoms with Crippen LogP contribution in [-0.2, 0) is 36.8 Å². The smallest absolute Gasteiger partial charge is 0.407 e. The second-order valence-electron chi connectivity index (χ2n) is 20.5. The van der Waals surface area contributed by atoms with Crippen LogP contribution in [0.3, 0.4) is 0 Å². The quantitative estimate of drug-likeness (QED) is 0.0324. The average molecular weight is 1120 g/mol. The monoisotopic (exact) mass is 1120 g/mol. The van der Waals surface area contributed by atoms with Crippen LogP contribution >= 0.6 is 0 Å². The van der Waals surface area contributed by atoms with Gasteiger partial charge in [0, 0.05) is 73.8 Å². The average Bonchev–Trinajstić information content (AvgIpc) is 4.24. The molecule has 1 saturated carbocycles. The van der Waals surface area contributed by atoms with Gasteiger partial charge in [0.05, 0.1) is 62.2 Å². The van der Waals surface area contributed by atoms with Crippen molar-refractivity contribution in [2.24, 2.45) is 10.8 Å². The van der Waals surface area contributed by atoms with Crippen molar-refractivity contribution in [1.82, 2.24) is 41.6 Å². The molecule has 7 N–H and O–H groups in total. The third-order valence-electron chi connectivity index (χ3n) is 14.0. The summed E-state index contributed by atoms with van der Waals surface area (Å²) in [4.78, 5) is 62.1. The fraction of sp³-hybridized carbons (Fsp3) is 0.509. The molecule has 79 heavy (non-hydrogen) atoms. The minimum Gasteiger partial charge on any atom is -0.453 e. The lowest BCUT2D eigenvalue weighted by molar-refractivity contribution is -0.221. The van der Waals surface area contributed by atoms with E-state index in [1.165, 1.54) is 24.4 Å². The number of carbonyl (C=O) groups is 4. The van der Waals surface area contributed by atoms with Gasteiger partial charge in [-0.15, -0.1) is 0 Å². The summed E-state index contributed by atoms with van der Waals surface area (Å²) in [6, 6.07) is 5.18. The lowest BCUT2D eigenvalue weighted by atomic mass is 9.82. The van der Waals surface area contributed by atoms with E-state index in [1.807, 2.05) is 22.8 Å². The van der Waals surface area contributed by atoms with Gasteiger partial charge >= 0.3 is 24.5 Å². The summed E-state index contributed by atoms with van der Waals surface area (Å²) in [6.45, 7) is 4.92. The summed E-state index contributed by atoms with van der Waals surface area (Å²) in [5.74, 6) is 1.05. The van der Waals surface area contributed by atoms with E-state index in [2.05, 4.69) is 52.2 Å². The van der Waals surface area contributed by atoms with Crippen LogP contribution in [0.2, 0.25) is 0 Å². The van der Waals surface area contributed by atoms with Crippen LogP contribution in [0.1, 0.15) is 68.4 Å². The number of morpholine rings is 1. The van der Waals surface area contributed by atoms with E-state index in [1.54, 1.807) is 18.3 Å². The highest BCUT2D eigenvalue weighted by Crippen LogP contribution is 2.42. The van der Waals surface area contributed by atoms with Crippen LogP contribution < -0.4 is 31.6 Å². The van der Waals surface area contributed by atoms with E-state index >= 15 is 8.78 Å². The largest absolute Gasteiger partial charge is 0.453 e. The molecule has 430 valence electrons. The van der Waals surface area contributed by atoms with E-state index in [4.69, 9.17) is 10.1 Å². The first-order valence-electron chi connectivity index (χ1n) is 25.1. The van der Waals surface area contributed by atoms with Crippen LogP contribution in [0.15, 0.2) is 67.0 Å². The molecule has 3 fully saturated rings. The number of hydrogen-bond donors (Lipinski definition) is 7. The molecule has 0 bridgehead atoms. The number of benzene rings is 2. The van der Waals surface area contributed by atoms with Crippen LogP contribution in [0, 0.1) is 39.7 Å². The number of methoxy groups -OCH3 is 2. The zero-order valence-corrected chi connectivity index (χ0v) is 44.2. The highest BCUT2D eigenvalue weighted by Gasteiger charge is 2.57. The molecular formula is C53H64F8N10O8. The number of alkyl carbamates (subject to hydrolysis) is 2. The highest BCUT2D eigenvalue weighted by atomic mass is 19.4. The molecule has 0 radical (unpaired) electrons. The number of alkyl halides is 6. The Labute approximate surface area is 451 Å². The van der Waals surface area contributed by atoms with Gasteiger partial charge in [-0.25, -0.2) is 28.4 Å². The standard InChI is InChI=1S/C53H64F8N10O8/c1-50(2,52(56,57)58)44(66-48(75)77-5)46(73)65-41(23-32-10-7-31(8-11-32)9-12-33-13-16-43(64-26-33)70-20-19-69-21-22-79-30-36(69)27-70)42(72)29-71(68-47(74)45(67-49(76)78-6)51(3,4)53(59,60)61)28-37-38(54)24-34(25-39(37)55)40(62)17-18-63-35-14-15-35/h7-8,10-11,13,16-18,24-26,35-36,41-42,44-45,62-63,72H,14-15,19-23,27-30H2,1-6H3,(H,65,73)(H,66,75)(H,67,76)(H,68,74)/b18-17-,62-40?/t36-,41+,42+,44-,45-/m1/s1. The number of rotatable bonds is 20. The number of hydrogen-bond acceptors (Lipinski definition) is 14. The second kappa shape index (κ2) is 25.8. The van der Waals surface area contributed by atoms with Crippen LogP contribution in [0.25, 0.3) is 0 Å². The number of allylic oxidation sites excluding steroid dienone is 1. The molecule has 6 rings (SSSR count). The molecule has 0 spiro atoms. The molecule has 4 amide bonds. The molecule has 26 heteroatoms. The Morgan fingerprint density at radius 3 is 1.99 bits per heavy atom. The molecule has 2 aliphatic heterocycles. The maximum absolute atomic E-state index is 16.0. The minimum absolute atomic E-state index is 0.196. The van der Waals surface area contributed by atoms with Gasteiger partial charge in [0.15, 0.2) is 0 Å². The Bertz CT molecular complexity index is 2730. The molecule has 5 atom stereocenters. The van der Waals surface area contributed by atoms with Crippen molar-refractivity contribution in [2.45, 2.75) is 102 Å². The van der Waals surface area contributed by atoms with Crippen molar-refractivity contribution < 1.29 is 73.6 Å². The number of ether oxygens (including phenoxy) is 3. The first-order valence-corrected chi connectivity index (χ1v) is 25.1. The second-order valence-corrected chi connectivity index (χ2v) is 20.5. The van der Waals surface area contributed by atoms with Gasteiger partial charge in [-0.1, -0.05) is 24.0 Å². The fourth-order valence-corrected chi connectivity index (χ4v) is 8.54. The van der Waals surface area contributed by atoms with Gasteiger partial charge in [0.25, 0.3) is 5.91 Å². The fourth-order valence-electron chi connectivity index (χ4n) is 8.54. The number of carbonyl (C=O) groups excluding carboxylic acids is 4. The number of nitrogens with one attached hydrogen (secondary N) is 6. The molecule has 3 aromatic rings. The molecule has 3 aliphatic rings. The van der Waals surface area contributed by atoms with Gasteiger partial charge in [0.2, 0.25) is 5.91 Å². The van der Waals surface area contributed by atoms with Crippen molar-refractivity contribution in [1.29, 1.82) is 5.41 Å². The number of nitrogens with zero attached hydrogens (tertiary/aromatic N) is 4. The number of amides is 4. The van der Waals surface area contributed by atoms with Gasteiger partial charge in [0.1, 0.15) is 29.5 Å². The predicted octanol–water partition coefficient (Wildman–Crippen LogP) is 5.46.